The fourth-order valence-corrected chi connectivity index (χ4v) is 2.27. The maximum absolute atomic E-state index is 11.0. The van der Waals surface area contributed by atoms with E-state index in [1.807, 2.05) is 30.3 Å². The largest absolute Gasteiger partial charge is 0.496 e. The highest BCUT2D eigenvalue weighted by atomic mass is 16.5. The molecular formula is C17H20N2O2. The molecule has 2 aromatic rings. The van der Waals surface area contributed by atoms with E-state index in [0.717, 1.165) is 23.4 Å². The number of rotatable bonds is 6. The van der Waals surface area contributed by atoms with Gasteiger partial charge in [-0.05, 0) is 49.2 Å². The number of primary amides is 1. The van der Waals surface area contributed by atoms with Crippen molar-refractivity contribution in [2.24, 2.45) is 5.73 Å². The second-order valence-electron chi connectivity index (χ2n) is 5.00. The van der Waals surface area contributed by atoms with E-state index in [4.69, 9.17) is 10.5 Å². The Morgan fingerprint density at radius 3 is 2.48 bits per heavy atom. The number of benzene rings is 2. The molecule has 0 aliphatic rings. The number of nitrogens with two attached hydrogens (primary N) is 1. The summed E-state index contributed by atoms with van der Waals surface area (Å²) in [6.07, 6.45) is 0.849. The van der Waals surface area contributed by atoms with Gasteiger partial charge in [0, 0.05) is 17.3 Å². The molecule has 0 aromatic heterocycles. The number of nitrogens with one attached hydrogen (secondary N) is 1. The SMILES string of the molecule is COc1ccccc1CC(C)Nc1ccc(C(N)=O)cc1. The van der Waals surface area contributed by atoms with Gasteiger partial charge in [0.05, 0.1) is 7.11 Å². The first-order valence-corrected chi connectivity index (χ1v) is 6.88. The number of carbonyl (C=O) groups excluding carboxylic acids is 1. The average Bonchev–Trinajstić information content (AvgIpc) is 2.48. The fourth-order valence-electron chi connectivity index (χ4n) is 2.27. The lowest BCUT2D eigenvalue weighted by Gasteiger charge is -2.17. The second-order valence-corrected chi connectivity index (χ2v) is 5.00. The maximum atomic E-state index is 11.0. The molecule has 1 unspecified atom stereocenters. The van der Waals surface area contributed by atoms with Crippen LogP contribution < -0.4 is 15.8 Å². The molecular weight excluding hydrogens is 264 g/mol. The molecule has 4 nitrogen and oxygen atoms in total. The molecule has 0 radical (unpaired) electrons. The van der Waals surface area contributed by atoms with Crippen LogP contribution in [0.15, 0.2) is 48.5 Å². The van der Waals surface area contributed by atoms with Crippen LogP contribution in [0.5, 0.6) is 5.75 Å². The lowest BCUT2D eigenvalue weighted by atomic mass is 10.1. The molecule has 21 heavy (non-hydrogen) atoms. The van der Waals surface area contributed by atoms with E-state index >= 15 is 0 Å². The first-order chi connectivity index (χ1) is 10.1. The molecule has 0 saturated heterocycles. The summed E-state index contributed by atoms with van der Waals surface area (Å²) in [6.45, 7) is 2.11. The molecule has 1 amide bonds. The topological polar surface area (TPSA) is 64.3 Å². The number of methoxy groups -OCH3 is 1. The average molecular weight is 284 g/mol. The molecule has 2 aromatic carbocycles. The Kier molecular flexibility index (Phi) is 4.82. The summed E-state index contributed by atoms with van der Waals surface area (Å²) in [5.41, 5.74) is 7.86. The van der Waals surface area contributed by atoms with Crippen molar-refractivity contribution < 1.29 is 9.53 Å². The minimum absolute atomic E-state index is 0.237. The molecule has 0 saturated carbocycles. The van der Waals surface area contributed by atoms with Crippen molar-refractivity contribution in [1.29, 1.82) is 0 Å². The minimum atomic E-state index is -0.413. The Bertz CT molecular complexity index is 608. The van der Waals surface area contributed by atoms with Crippen LogP contribution in [0.25, 0.3) is 0 Å². The highest BCUT2D eigenvalue weighted by Gasteiger charge is 2.08. The molecule has 0 aliphatic heterocycles. The fraction of sp³-hybridized carbons (Fsp3) is 0.235. The van der Waals surface area contributed by atoms with Crippen molar-refractivity contribution in [1.82, 2.24) is 0 Å². The Labute approximate surface area is 124 Å². The molecule has 2 rings (SSSR count). The van der Waals surface area contributed by atoms with E-state index in [-0.39, 0.29) is 6.04 Å². The molecule has 0 fully saturated rings. The number of amides is 1. The van der Waals surface area contributed by atoms with E-state index in [1.54, 1.807) is 19.2 Å². The summed E-state index contributed by atoms with van der Waals surface area (Å²) >= 11 is 0. The van der Waals surface area contributed by atoms with Gasteiger partial charge in [0.2, 0.25) is 5.91 Å². The molecule has 4 heteroatoms. The van der Waals surface area contributed by atoms with Gasteiger partial charge in [0.25, 0.3) is 0 Å². The zero-order valence-electron chi connectivity index (χ0n) is 12.3. The van der Waals surface area contributed by atoms with Crippen LogP contribution in [-0.4, -0.2) is 19.1 Å². The number of para-hydroxylation sites is 1. The van der Waals surface area contributed by atoms with Crippen LogP contribution in [0.4, 0.5) is 5.69 Å². The Morgan fingerprint density at radius 1 is 1.19 bits per heavy atom. The van der Waals surface area contributed by atoms with Crippen molar-refractivity contribution in [3.05, 3.63) is 59.7 Å². The maximum Gasteiger partial charge on any atom is 0.248 e. The molecule has 110 valence electrons. The van der Waals surface area contributed by atoms with E-state index in [9.17, 15) is 4.79 Å². The van der Waals surface area contributed by atoms with Crippen LogP contribution in [0.3, 0.4) is 0 Å². The van der Waals surface area contributed by atoms with Crippen molar-refractivity contribution in [3.63, 3.8) is 0 Å². The zero-order chi connectivity index (χ0) is 15.2. The van der Waals surface area contributed by atoms with Crippen LogP contribution in [-0.2, 0) is 6.42 Å². The summed E-state index contributed by atoms with van der Waals surface area (Å²) in [6, 6.07) is 15.4. The van der Waals surface area contributed by atoms with Gasteiger partial charge < -0.3 is 15.8 Å². The van der Waals surface area contributed by atoms with E-state index in [0.29, 0.717) is 5.56 Å². The van der Waals surface area contributed by atoms with Crippen molar-refractivity contribution >= 4 is 11.6 Å². The lowest BCUT2D eigenvalue weighted by molar-refractivity contribution is 0.100. The van der Waals surface area contributed by atoms with Gasteiger partial charge in [-0.15, -0.1) is 0 Å². The van der Waals surface area contributed by atoms with Gasteiger partial charge in [-0.2, -0.15) is 0 Å². The Hall–Kier alpha value is -2.49. The first kappa shape index (κ1) is 14.9. The predicted octanol–water partition coefficient (Wildman–Crippen LogP) is 2.84. The van der Waals surface area contributed by atoms with Crippen molar-refractivity contribution in [2.75, 3.05) is 12.4 Å². The van der Waals surface area contributed by atoms with Crippen molar-refractivity contribution in [3.8, 4) is 5.75 Å². The third kappa shape index (κ3) is 3.99. The lowest BCUT2D eigenvalue weighted by Crippen LogP contribution is -2.18. The molecule has 0 heterocycles. The summed E-state index contributed by atoms with van der Waals surface area (Å²) in [5, 5.41) is 3.40. The number of hydrogen-bond donors (Lipinski definition) is 2. The smallest absolute Gasteiger partial charge is 0.248 e. The second kappa shape index (κ2) is 6.79. The minimum Gasteiger partial charge on any atom is -0.496 e. The molecule has 3 N–H and O–H groups in total. The van der Waals surface area contributed by atoms with Gasteiger partial charge in [-0.25, -0.2) is 0 Å². The van der Waals surface area contributed by atoms with E-state index < -0.39 is 5.91 Å². The highest BCUT2D eigenvalue weighted by Crippen LogP contribution is 2.20. The summed E-state index contributed by atoms with van der Waals surface area (Å²) in [5.74, 6) is 0.485. The normalized spacial score (nSPS) is 11.7. The number of hydrogen-bond acceptors (Lipinski definition) is 3. The van der Waals surface area contributed by atoms with Crippen LogP contribution >= 0.6 is 0 Å². The summed E-state index contributed by atoms with van der Waals surface area (Å²) < 4.78 is 5.36. The van der Waals surface area contributed by atoms with Crippen LogP contribution in [0, 0.1) is 0 Å². The third-order valence-corrected chi connectivity index (χ3v) is 3.30. The van der Waals surface area contributed by atoms with Crippen LogP contribution in [0.2, 0.25) is 0 Å². The summed E-state index contributed by atoms with van der Waals surface area (Å²) in [7, 11) is 1.68. The standard InChI is InChI=1S/C17H20N2O2/c1-12(11-14-5-3-4-6-16(14)21-2)19-15-9-7-13(8-10-15)17(18)20/h3-10,12,19H,11H2,1-2H3,(H2,18,20). The quantitative estimate of drug-likeness (QED) is 0.857. The van der Waals surface area contributed by atoms with Crippen LogP contribution in [0.1, 0.15) is 22.8 Å². The van der Waals surface area contributed by atoms with Gasteiger partial charge in [-0.3, -0.25) is 4.79 Å². The molecule has 1 atom stereocenters. The van der Waals surface area contributed by atoms with Gasteiger partial charge in [-0.1, -0.05) is 18.2 Å². The zero-order valence-corrected chi connectivity index (χ0v) is 12.3. The first-order valence-electron chi connectivity index (χ1n) is 6.88. The van der Waals surface area contributed by atoms with Gasteiger partial charge >= 0.3 is 0 Å². The predicted molar refractivity (Wildman–Crippen MR) is 84.7 cm³/mol. The van der Waals surface area contributed by atoms with Gasteiger partial charge in [0.1, 0.15) is 5.75 Å². The molecule has 0 aliphatic carbocycles. The number of carbonyl (C=O) groups is 1. The number of ether oxygens (including phenoxy) is 1. The number of anilines is 1. The third-order valence-electron chi connectivity index (χ3n) is 3.30. The molecule has 0 spiro atoms. The van der Waals surface area contributed by atoms with Gasteiger partial charge in [0.15, 0.2) is 0 Å². The summed E-state index contributed by atoms with van der Waals surface area (Å²) in [4.78, 5) is 11.0. The van der Waals surface area contributed by atoms with Crippen molar-refractivity contribution in [2.45, 2.75) is 19.4 Å². The van der Waals surface area contributed by atoms with E-state index in [2.05, 4.69) is 18.3 Å². The highest BCUT2D eigenvalue weighted by molar-refractivity contribution is 5.93. The Balaban J connectivity index is 2.01. The monoisotopic (exact) mass is 284 g/mol. The molecule has 0 bridgehead atoms. The van der Waals surface area contributed by atoms with E-state index in [1.165, 1.54) is 0 Å². The Morgan fingerprint density at radius 2 is 1.86 bits per heavy atom.